The molecule has 0 aromatic rings. The largest absolute Gasteiger partial charge is 0.469 e. The lowest BCUT2D eigenvalue weighted by molar-refractivity contribution is -0.143. The van der Waals surface area contributed by atoms with E-state index in [9.17, 15) is 9.59 Å². The predicted octanol–water partition coefficient (Wildman–Crippen LogP) is 0.210. The minimum Gasteiger partial charge on any atom is -0.469 e. The third-order valence-electron chi connectivity index (χ3n) is 3.86. The minimum absolute atomic E-state index is 0.0483. The van der Waals surface area contributed by atoms with Gasteiger partial charge in [-0.2, -0.15) is 0 Å². The van der Waals surface area contributed by atoms with Crippen LogP contribution in [-0.2, 0) is 14.3 Å². The molecule has 1 aliphatic heterocycles. The van der Waals surface area contributed by atoms with Crippen molar-refractivity contribution in [3.05, 3.63) is 0 Å². The van der Waals surface area contributed by atoms with Crippen molar-refractivity contribution in [2.24, 2.45) is 5.73 Å². The number of carbonyl (C=O) groups excluding carboxylic acids is 2. The van der Waals surface area contributed by atoms with Crippen LogP contribution in [0.4, 0.5) is 0 Å². The molecule has 0 bridgehead atoms. The Morgan fingerprint density at radius 3 is 2.35 bits per heavy atom. The predicted molar refractivity (Wildman–Crippen MR) is 77.1 cm³/mol. The molecule has 2 atom stereocenters. The Morgan fingerprint density at radius 1 is 1.25 bits per heavy atom. The molecule has 6 nitrogen and oxygen atoms in total. The van der Waals surface area contributed by atoms with Gasteiger partial charge in [0.15, 0.2) is 0 Å². The lowest BCUT2D eigenvalue weighted by Gasteiger charge is -2.38. The lowest BCUT2D eigenvalue weighted by atomic mass is 10.1. The van der Waals surface area contributed by atoms with Crippen LogP contribution in [0.1, 0.15) is 33.1 Å². The first-order valence-electron chi connectivity index (χ1n) is 7.34. The zero-order valence-corrected chi connectivity index (χ0v) is 12.8. The van der Waals surface area contributed by atoms with Gasteiger partial charge in [0.1, 0.15) is 0 Å². The highest BCUT2D eigenvalue weighted by molar-refractivity contribution is 5.81. The van der Waals surface area contributed by atoms with E-state index < -0.39 is 0 Å². The topological polar surface area (TPSA) is 75.9 Å². The molecular formula is C14H27N3O3. The minimum atomic E-state index is -0.376. The van der Waals surface area contributed by atoms with E-state index in [4.69, 9.17) is 5.73 Å². The average Bonchev–Trinajstić information content (AvgIpc) is 2.46. The van der Waals surface area contributed by atoms with Crippen molar-refractivity contribution in [3.8, 4) is 0 Å². The number of ether oxygens (including phenoxy) is 1. The van der Waals surface area contributed by atoms with Gasteiger partial charge >= 0.3 is 5.97 Å². The monoisotopic (exact) mass is 285 g/mol. The summed E-state index contributed by atoms with van der Waals surface area (Å²) in [4.78, 5) is 27.4. The van der Waals surface area contributed by atoms with Crippen LogP contribution >= 0.6 is 0 Å². The van der Waals surface area contributed by atoms with E-state index in [1.54, 1.807) is 0 Å². The number of methoxy groups -OCH3 is 1. The number of hydrogen-bond acceptors (Lipinski definition) is 5. The maximum atomic E-state index is 12.1. The molecular weight excluding hydrogens is 258 g/mol. The van der Waals surface area contributed by atoms with Crippen molar-refractivity contribution in [2.45, 2.75) is 45.2 Å². The van der Waals surface area contributed by atoms with Gasteiger partial charge in [0.05, 0.1) is 19.6 Å². The zero-order valence-electron chi connectivity index (χ0n) is 12.8. The second-order valence-electron chi connectivity index (χ2n) is 5.39. The Labute approximate surface area is 121 Å². The smallest absolute Gasteiger partial charge is 0.307 e. The van der Waals surface area contributed by atoms with Gasteiger partial charge in [-0.05, 0) is 13.3 Å². The van der Waals surface area contributed by atoms with Gasteiger partial charge < -0.3 is 15.4 Å². The molecule has 0 radical (unpaired) electrons. The molecule has 0 aromatic heterocycles. The molecule has 116 valence electrons. The molecule has 2 unspecified atom stereocenters. The van der Waals surface area contributed by atoms with Crippen molar-refractivity contribution in [2.75, 3.05) is 33.3 Å². The standard InChI is InChI=1S/C14H27N3O3/c1-4-5-12(15)14(19)17-8-6-16(7-9-17)11(2)10-13(18)20-3/h11-12H,4-10,15H2,1-3H3. The van der Waals surface area contributed by atoms with Crippen LogP contribution in [0, 0.1) is 0 Å². The quantitative estimate of drug-likeness (QED) is 0.706. The summed E-state index contributed by atoms with van der Waals surface area (Å²) in [5.74, 6) is -0.145. The lowest BCUT2D eigenvalue weighted by Crippen LogP contribution is -2.55. The number of esters is 1. The van der Waals surface area contributed by atoms with Gasteiger partial charge in [0.25, 0.3) is 0 Å². The summed E-state index contributed by atoms with van der Waals surface area (Å²) in [7, 11) is 1.40. The van der Waals surface area contributed by atoms with Crippen LogP contribution in [0.2, 0.25) is 0 Å². The van der Waals surface area contributed by atoms with E-state index in [1.807, 2.05) is 18.7 Å². The van der Waals surface area contributed by atoms with Crippen molar-refractivity contribution >= 4 is 11.9 Å². The Bertz CT molecular complexity index is 328. The fraction of sp³-hybridized carbons (Fsp3) is 0.857. The van der Waals surface area contributed by atoms with E-state index in [-0.39, 0.29) is 24.0 Å². The van der Waals surface area contributed by atoms with Gasteiger partial charge in [-0.15, -0.1) is 0 Å². The summed E-state index contributed by atoms with van der Waals surface area (Å²) >= 11 is 0. The molecule has 1 rings (SSSR count). The van der Waals surface area contributed by atoms with Gasteiger partial charge in [-0.1, -0.05) is 13.3 Å². The maximum absolute atomic E-state index is 12.1. The molecule has 0 aliphatic carbocycles. The number of nitrogens with two attached hydrogens (primary N) is 1. The van der Waals surface area contributed by atoms with Gasteiger partial charge in [-0.3, -0.25) is 14.5 Å². The second kappa shape index (κ2) is 8.21. The fourth-order valence-corrected chi connectivity index (χ4v) is 2.51. The molecule has 1 amide bonds. The van der Waals surface area contributed by atoms with Crippen molar-refractivity contribution in [3.63, 3.8) is 0 Å². The fourth-order valence-electron chi connectivity index (χ4n) is 2.51. The van der Waals surface area contributed by atoms with Gasteiger partial charge in [0, 0.05) is 32.2 Å². The molecule has 0 aromatic carbocycles. The molecule has 1 fully saturated rings. The molecule has 1 aliphatic rings. The third kappa shape index (κ3) is 4.76. The molecule has 0 saturated carbocycles. The van der Waals surface area contributed by atoms with E-state index >= 15 is 0 Å². The van der Waals surface area contributed by atoms with Crippen LogP contribution in [-0.4, -0.2) is 67.0 Å². The first-order valence-corrected chi connectivity index (χ1v) is 7.34. The van der Waals surface area contributed by atoms with Crippen molar-refractivity contribution in [1.29, 1.82) is 0 Å². The normalized spacial score (nSPS) is 19.5. The van der Waals surface area contributed by atoms with Crippen molar-refractivity contribution in [1.82, 2.24) is 9.80 Å². The zero-order chi connectivity index (χ0) is 15.1. The molecule has 0 spiro atoms. The van der Waals surface area contributed by atoms with Crippen LogP contribution in [0.5, 0.6) is 0 Å². The van der Waals surface area contributed by atoms with Crippen LogP contribution in [0.25, 0.3) is 0 Å². The summed E-state index contributed by atoms with van der Waals surface area (Å²) in [5, 5.41) is 0. The van der Waals surface area contributed by atoms with E-state index in [0.717, 1.165) is 25.9 Å². The second-order valence-corrected chi connectivity index (χ2v) is 5.39. The maximum Gasteiger partial charge on any atom is 0.307 e. The summed E-state index contributed by atoms with van der Waals surface area (Å²) in [6.45, 7) is 6.96. The van der Waals surface area contributed by atoms with Crippen molar-refractivity contribution < 1.29 is 14.3 Å². The first-order chi connectivity index (χ1) is 9.49. The SMILES string of the molecule is CCCC(N)C(=O)N1CCN(C(C)CC(=O)OC)CC1. The highest BCUT2D eigenvalue weighted by Gasteiger charge is 2.27. The summed E-state index contributed by atoms with van der Waals surface area (Å²) in [6, 6.07) is -0.233. The number of rotatable bonds is 6. The van der Waals surface area contributed by atoms with E-state index in [2.05, 4.69) is 9.64 Å². The van der Waals surface area contributed by atoms with Crippen LogP contribution < -0.4 is 5.73 Å². The highest BCUT2D eigenvalue weighted by atomic mass is 16.5. The summed E-state index contributed by atoms with van der Waals surface area (Å²) in [6.07, 6.45) is 2.04. The van der Waals surface area contributed by atoms with Crippen LogP contribution in [0.3, 0.4) is 0 Å². The summed E-state index contributed by atoms with van der Waals surface area (Å²) in [5.41, 5.74) is 5.87. The van der Waals surface area contributed by atoms with E-state index in [0.29, 0.717) is 19.5 Å². The molecule has 20 heavy (non-hydrogen) atoms. The van der Waals surface area contributed by atoms with Gasteiger partial charge in [0.2, 0.25) is 5.91 Å². The number of hydrogen-bond donors (Lipinski definition) is 1. The Kier molecular flexibility index (Phi) is 6.95. The molecule has 6 heteroatoms. The third-order valence-corrected chi connectivity index (χ3v) is 3.86. The number of amides is 1. The first kappa shape index (κ1) is 16.9. The molecule has 2 N–H and O–H groups in total. The van der Waals surface area contributed by atoms with E-state index in [1.165, 1.54) is 7.11 Å². The van der Waals surface area contributed by atoms with Gasteiger partial charge in [-0.25, -0.2) is 0 Å². The number of carbonyl (C=O) groups is 2. The number of nitrogens with zero attached hydrogens (tertiary/aromatic N) is 2. The van der Waals surface area contributed by atoms with Crippen LogP contribution in [0.15, 0.2) is 0 Å². The summed E-state index contributed by atoms with van der Waals surface area (Å²) < 4.78 is 4.68. The average molecular weight is 285 g/mol. The Hall–Kier alpha value is -1.14. The number of piperazine rings is 1. The molecule has 1 heterocycles. The Morgan fingerprint density at radius 2 is 1.85 bits per heavy atom. The Balaban J connectivity index is 2.39. The molecule has 1 saturated heterocycles. The highest BCUT2D eigenvalue weighted by Crippen LogP contribution is 2.11.